The van der Waals surface area contributed by atoms with Gasteiger partial charge in [-0.15, -0.1) is 0 Å². The lowest BCUT2D eigenvalue weighted by molar-refractivity contribution is 0.283. The van der Waals surface area contributed by atoms with E-state index in [-0.39, 0.29) is 6.61 Å². The fourth-order valence-electron chi connectivity index (χ4n) is 1.69. The number of nitrogen functional groups attached to an aromatic ring is 1. The largest absolute Gasteiger partial charge is 0.396 e. The van der Waals surface area contributed by atoms with Gasteiger partial charge in [-0.2, -0.15) is 5.10 Å². The summed E-state index contributed by atoms with van der Waals surface area (Å²) in [6.07, 6.45) is 3.78. The minimum Gasteiger partial charge on any atom is -0.396 e. The molecule has 1 aromatic rings. The molecule has 0 aliphatic heterocycles. The van der Waals surface area contributed by atoms with Crippen LogP contribution in [0.15, 0.2) is 0 Å². The van der Waals surface area contributed by atoms with E-state index in [2.05, 4.69) is 10.4 Å². The van der Waals surface area contributed by atoms with E-state index in [9.17, 15) is 0 Å². The molecule has 4 N–H and O–H groups in total. The number of aromatic nitrogens is 2. The third-order valence-electron chi connectivity index (χ3n) is 2.62. The summed E-state index contributed by atoms with van der Waals surface area (Å²) < 4.78 is 1.79. The first kappa shape index (κ1) is 12.8. The van der Waals surface area contributed by atoms with Crippen molar-refractivity contribution in [3.05, 3.63) is 5.69 Å². The Hall–Kier alpha value is -1.23. The number of hydrogen-bond donors (Lipinski definition) is 3. The highest BCUT2D eigenvalue weighted by Crippen LogP contribution is 2.22. The van der Waals surface area contributed by atoms with Crippen molar-refractivity contribution in [1.82, 2.24) is 9.78 Å². The summed E-state index contributed by atoms with van der Waals surface area (Å²) in [5.41, 5.74) is 7.67. The van der Waals surface area contributed by atoms with Crippen molar-refractivity contribution in [2.75, 3.05) is 24.2 Å². The smallest absolute Gasteiger partial charge is 0.147 e. The Bertz CT molecular complexity index is 322. The van der Waals surface area contributed by atoms with Crippen LogP contribution in [0.3, 0.4) is 0 Å². The molecule has 5 nitrogen and oxygen atoms in total. The average Bonchev–Trinajstić information content (AvgIpc) is 2.55. The molecule has 0 aliphatic rings. The molecule has 0 atom stereocenters. The summed E-state index contributed by atoms with van der Waals surface area (Å²) in [4.78, 5) is 0. The van der Waals surface area contributed by atoms with Crippen molar-refractivity contribution in [2.24, 2.45) is 7.05 Å². The Labute approximate surface area is 96.6 Å². The minimum atomic E-state index is 0.272. The first-order chi connectivity index (χ1) is 7.70. The summed E-state index contributed by atoms with van der Waals surface area (Å²) >= 11 is 0. The van der Waals surface area contributed by atoms with Gasteiger partial charge >= 0.3 is 0 Å². The average molecular weight is 226 g/mol. The Balaban J connectivity index is 2.44. The van der Waals surface area contributed by atoms with Gasteiger partial charge in [0.25, 0.3) is 0 Å². The Kier molecular flexibility index (Phi) is 5.11. The molecule has 1 aromatic heterocycles. The Morgan fingerprint density at radius 1 is 1.38 bits per heavy atom. The van der Waals surface area contributed by atoms with Crippen molar-refractivity contribution in [3.8, 4) is 0 Å². The summed E-state index contributed by atoms with van der Waals surface area (Å²) in [6, 6.07) is 0. The zero-order chi connectivity index (χ0) is 12.0. The Morgan fingerprint density at radius 3 is 2.69 bits per heavy atom. The van der Waals surface area contributed by atoms with E-state index in [4.69, 9.17) is 10.8 Å². The number of aryl methyl sites for hydroxylation is 2. The second-order valence-corrected chi connectivity index (χ2v) is 3.90. The van der Waals surface area contributed by atoms with E-state index < -0.39 is 0 Å². The molecular formula is C11H22N4O. The summed E-state index contributed by atoms with van der Waals surface area (Å²) in [7, 11) is 1.89. The van der Waals surface area contributed by atoms with Gasteiger partial charge in [0.15, 0.2) is 0 Å². The van der Waals surface area contributed by atoms with Crippen LogP contribution in [0.5, 0.6) is 0 Å². The second kappa shape index (κ2) is 6.37. The lowest BCUT2D eigenvalue weighted by Gasteiger charge is -2.07. The topological polar surface area (TPSA) is 76.1 Å². The van der Waals surface area contributed by atoms with Crippen molar-refractivity contribution in [1.29, 1.82) is 0 Å². The molecule has 0 bridgehead atoms. The van der Waals surface area contributed by atoms with Crippen LogP contribution in [0.4, 0.5) is 11.5 Å². The molecule has 1 heterocycles. The first-order valence-electron chi connectivity index (χ1n) is 5.86. The monoisotopic (exact) mass is 226 g/mol. The molecule has 92 valence electrons. The van der Waals surface area contributed by atoms with Gasteiger partial charge in [0, 0.05) is 20.2 Å². The van der Waals surface area contributed by atoms with Crippen LogP contribution in [0.25, 0.3) is 0 Å². The van der Waals surface area contributed by atoms with Crippen LogP contribution in [-0.4, -0.2) is 28.0 Å². The summed E-state index contributed by atoms with van der Waals surface area (Å²) in [5.74, 6) is 0.904. The number of nitrogens with zero attached hydrogens (tertiary/aromatic N) is 2. The lowest BCUT2D eigenvalue weighted by atomic mass is 10.2. The van der Waals surface area contributed by atoms with Crippen LogP contribution in [0.2, 0.25) is 0 Å². The molecule has 0 aliphatic carbocycles. The quantitative estimate of drug-likeness (QED) is 0.609. The van der Waals surface area contributed by atoms with Crippen LogP contribution in [-0.2, 0) is 13.5 Å². The molecule has 1 rings (SSSR count). The normalized spacial score (nSPS) is 10.7. The van der Waals surface area contributed by atoms with Gasteiger partial charge in [0.1, 0.15) is 5.82 Å². The zero-order valence-corrected chi connectivity index (χ0v) is 10.2. The summed E-state index contributed by atoms with van der Waals surface area (Å²) in [5, 5.41) is 16.3. The summed E-state index contributed by atoms with van der Waals surface area (Å²) in [6.45, 7) is 3.18. The van der Waals surface area contributed by atoms with Crippen LogP contribution in [0.1, 0.15) is 31.9 Å². The molecule has 0 saturated carbocycles. The maximum Gasteiger partial charge on any atom is 0.147 e. The number of hydrogen-bond acceptors (Lipinski definition) is 4. The van der Waals surface area contributed by atoms with E-state index in [0.717, 1.165) is 49.4 Å². The van der Waals surface area contributed by atoms with E-state index in [0.29, 0.717) is 0 Å². The fourth-order valence-corrected chi connectivity index (χ4v) is 1.69. The molecule has 16 heavy (non-hydrogen) atoms. The molecule has 0 spiro atoms. The van der Waals surface area contributed by atoms with Crippen molar-refractivity contribution < 1.29 is 5.11 Å². The molecule has 0 amide bonds. The van der Waals surface area contributed by atoms with Crippen LogP contribution >= 0.6 is 0 Å². The number of aliphatic hydroxyl groups excluding tert-OH is 1. The van der Waals surface area contributed by atoms with E-state index in [1.165, 1.54) is 0 Å². The van der Waals surface area contributed by atoms with Gasteiger partial charge in [-0.05, 0) is 25.7 Å². The number of anilines is 2. The maximum absolute atomic E-state index is 8.65. The van der Waals surface area contributed by atoms with Gasteiger partial charge in [-0.1, -0.05) is 6.92 Å². The van der Waals surface area contributed by atoms with Gasteiger partial charge in [0.05, 0.1) is 11.4 Å². The molecular weight excluding hydrogens is 204 g/mol. The third-order valence-corrected chi connectivity index (χ3v) is 2.62. The van der Waals surface area contributed by atoms with Crippen molar-refractivity contribution in [2.45, 2.75) is 32.6 Å². The Morgan fingerprint density at radius 2 is 2.12 bits per heavy atom. The number of rotatable bonds is 7. The molecule has 0 unspecified atom stereocenters. The van der Waals surface area contributed by atoms with Crippen molar-refractivity contribution >= 4 is 11.5 Å². The van der Waals surface area contributed by atoms with E-state index in [1.807, 2.05) is 14.0 Å². The molecule has 5 heteroatoms. The number of nitrogens with one attached hydrogen (secondary N) is 1. The highest BCUT2D eigenvalue weighted by atomic mass is 16.2. The molecule has 0 fully saturated rings. The van der Waals surface area contributed by atoms with Gasteiger partial charge in [0.2, 0.25) is 0 Å². The van der Waals surface area contributed by atoms with E-state index in [1.54, 1.807) is 4.68 Å². The lowest BCUT2D eigenvalue weighted by Crippen LogP contribution is -2.08. The maximum atomic E-state index is 8.65. The highest BCUT2D eigenvalue weighted by molar-refractivity contribution is 5.64. The van der Waals surface area contributed by atoms with E-state index >= 15 is 0 Å². The first-order valence-corrected chi connectivity index (χ1v) is 5.86. The highest BCUT2D eigenvalue weighted by Gasteiger charge is 2.10. The fraction of sp³-hybridized carbons (Fsp3) is 0.727. The minimum absolute atomic E-state index is 0.272. The SMILES string of the molecule is CCc1nn(C)c(NCCCCCO)c1N. The van der Waals surface area contributed by atoms with Crippen LogP contribution in [0, 0.1) is 0 Å². The standard InChI is InChI=1S/C11H22N4O/c1-3-9-10(12)11(15(2)14-9)13-7-5-4-6-8-16/h13,16H,3-8,12H2,1-2H3. The van der Waals surface area contributed by atoms with Gasteiger partial charge < -0.3 is 16.2 Å². The van der Waals surface area contributed by atoms with Crippen LogP contribution < -0.4 is 11.1 Å². The zero-order valence-electron chi connectivity index (χ0n) is 10.2. The molecule has 0 aromatic carbocycles. The number of unbranched alkanes of at least 4 members (excludes halogenated alkanes) is 2. The van der Waals surface area contributed by atoms with Gasteiger partial charge in [-0.25, -0.2) is 0 Å². The molecule has 0 saturated heterocycles. The molecule has 0 radical (unpaired) electrons. The number of aliphatic hydroxyl groups is 1. The predicted molar refractivity (Wildman–Crippen MR) is 66.4 cm³/mol. The number of nitrogens with two attached hydrogens (primary N) is 1. The van der Waals surface area contributed by atoms with Gasteiger partial charge in [-0.3, -0.25) is 4.68 Å². The second-order valence-electron chi connectivity index (χ2n) is 3.90. The van der Waals surface area contributed by atoms with Crippen molar-refractivity contribution in [3.63, 3.8) is 0 Å². The third kappa shape index (κ3) is 3.13. The predicted octanol–water partition coefficient (Wildman–Crippen LogP) is 1.14.